The van der Waals surface area contributed by atoms with Crippen LogP contribution < -0.4 is 5.73 Å². The van der Waals surface area contributed by atoms with Crippen LogP contribution >= 0.6 is 45.3 Å². The maximum atomic E-state index is 6.36. The molecule has 0 saturated heterocycles. The Balaban J connectivity index is 2.12. The molecule has 3 aromatic rings. The van der Waals surface area contributed by atoms with Crippen molar-refractivity contribution in [2.45, 2.75) is 6.04 Å². The molecule has 4 heteroatoms. The van der Waals surface area contributed by atoms with Crippen LogP contribution in [-0.4, -0.2) is 0 Å². The largest absolute Gasteiger partial charge is 0.320 e. The van der Waals surface area contributed by atoms with Gasteiger partial charge in [-0.05, 0) is 62.0 Å². The molecule has 0 radical (unpaired) electrons. The molecule has 86 valence electrons. The summed E-state index contributed by atoms with van der Waals surface area (Å²) in [5.74, 6) is 0. The highest BCUT2D eigenvalue weighted by molar-refractivity contribution is 14.1. The molecule has 0 aliphatic rings. The fourth-order valence-electron chi connectivity index (χ4n) is 1.93. The number of rotatable bonds is 2. The molecule has 1 unspecified atom stereocenters. The Hall–Kier alpha value is -0.430. The number of hydrogen-bond acceptors (Lipinski definition) is 3. The highest BCUT2D eigenvalue weighted by Crippen LogP contribution is 2.32. The molecular formula is C13H10INS2. The minimum Gasteiger partial charge on any atom is -0.320 e. The van der Waals surface area contributed by atoms with E-state index in [-0.39, 0.29) is 6.04 Å². The van der Waals surface area contributed by atoms with Crippen LogP contribution in [0, 0.1) is 2.88 Å². The summed E-state index contributed by atoms with van der Waals surface area (Å²) in [7, 11) is 0. The second kappa shape index (κ2) is 4.68. The first-order valence-corrected chi connectivity index (χ1v) is 8.05. The zero-order valence-electron chi connectivity index (χ0n) is 8.89. The molecule has 2 heterocycles. The highest BCUT2D eigenvalue weighted by atomic mass is 127. The Morgan fingerprint density at radius 3 is 2.82 bits per heavy atom. The smallest absolute Gasteiger partial charge is 0.0656 e. The summed E-state index contributed by atoms with van der Waals surface area (Å²) in [4.78, 5) is 0. The third-order valence-electron chi connectivity index (χ3n) is 2.79. The van der Waals surface area contributed by atoms with Gasteiger partial charge in [-0.25, -0.2) is 0 Å². The molecule has 1 atom stereocenters. The number of nitrogens with two attached hydrogens (primary N) is 1. The predicted octanol–water partition coefficient (Wildman–Crippen LogP) is 4.62. The summed E-state index contributed by atoms with van der Waals surface area (Å²) in [6, 6.07) is 10.7. The van der Waals surface area contributed by atoms with Gasteiger partial charge in [-0.15, -0.1) is 22.7 Å². The van der Waals surface area contributed by atoms with Crippen LogP contribution in [0.4, 0.5) is 0 Å². The number of hydrogen-bond donors (Lipinski definition) is 1. The van der Waals surface area contributed by atoms with E-state index in [1.807, 2.05) is 0 Å². The summed E-state index contributed by atoms with van der Waals surface area (Å²) in [5, 5.41) is 5.56. The van der Waals surface area contributed by atoms with Crippen molar-refractivity contribution in [2.24, 2.45) is 5.73 Å². The van der Waals surface area contributed by atoms with Crippen LogP contribution in [0.15, 0.2) is 41.1 Å². The standard InChI is InChI=1S/C13H10INS2/c14-11-6-9(7-17-11)12(15)10-3-1-2-8-4-5-16-13(8)10/h1-7,12H,15H2. The average Bonchev–Trinajstić information content (AvgIpc) is 2.95. The van der Waals surface area contributed by atoms with Crippen LogP contribution in [0.25, 0.3) is 10.1 Å². The Morgan fingerprint density at radius 1 is 1.18 bits per heavy atom. The normalized spacial score (nSPS) is 13.1. The van der Waals surface area contributed by atoms with Crippen molar-refractivity contribution in [1.29, 1.82) is 0 Å². The van der Waals surface area contributed by atoms with Crippen LogP contribution in [0.3, 0.4) is 0 Å². The van der Waals surface area contributed by atoms with Gasteiger partial charge < -0.3 is 5.73 Å². The van der Waals surface area contributed by atoms with E-state index >= 15 is 0 Å². The fourth-order valence-corrected chi connectivity index (χ4v) is 4.29. The van der Waals surface area contributed by atoms with Crippen molar-refractivity contribution >= 4 is 55.4 Å². The number of fused-ring (bicyclic) bond motifs is 1. The second-order valence-electron chi connectivity index (χ2n) is 3.85. The quantitative estimate of drug-likeness (QED) is 0.654. The molecule has 2 aromatic heterocycles. The molecule has 0 bridgehead atoms. The summed E-state index contributed by atoms with van der Waals surface area (Å²) < 4.78 is 2.59. The van der Waals surface area contributed by atoms with Crippen LogP contribution in [0.1, 0.15) is 17.2 Å². The molecule has 0 fully saturated rings. The lowest BCUT2D eigenvalue weighted by Crippen LogP contribution is -2.10. The van der Waals surface area contributed by atoms with Crippen LogP contribution in [0.5, 0.6) is 0 Å². The van der Waals surface area contributed by atoms with Crippen molar-refractivity contribution in [3.05, 3.63) is 55.1 Å². The molecule has 3 rings (SSSR count). The molecule has 0 saturated carbocycles. The average molecular weight is 371 g/mol. The summed E-state index contributed by atoms with van der Waals surface area (Å²) >= 11 is 5.85. The molecular weight excluding hydrogens is 361 g/mol. The van der Waals surface area contributed by atoms with Gasteiger partial charge in [0.1, 0.15) is 0 Å². The van der Waals surface area contributed by atoms with E-state index in [4.69, 9.17) is 5.73 Å². The summed E-state index contributed by atoms with van der Waals surface area (Å²) in [6.45, 7) is 0. The maximum absolute atomic E-state index is 6.36. The molecule has 1 nitrogen and oxygen atoms in total. The van der Waals surface area contributed by atoms with Crippen molar-refractivity contribution < 1.29 is 0 Å². The lowest BCUT2D eigenvalue weighted by atomic mass is 10.0. The van der Waals surface area contributed by atoms with Gasteiger partial charge in [0.2, 0.25) is 0 Å². The van der Waals surface area contributed by atoms with Gasteiger partial charge in [0.25, 0.3) is 0 Å². The van der Waals surface area contributed by atoms with Crippen LogP contribution in [-0.2, 0) is 0 Å². The lowest BCUT2D eigenvalue weighted by molar-refractivity contribution is 0.887. The Bertz CT molecular complexity index is 656. The number of halogens is 1. The van der Waals surface area contributed by atoms with Crippen LogP contribution in [0.2, 0.25) is 0 Å². The number of thiophene rings is 2. The zero-order valence-corrected chi connectivity index (χ0v) is 12.7. The SMILES string of the molecule is NC(c1csc(I)c1)c1cccc2ccsc12. The predicted molar refractivity (Wildman–Crippen MR) is 84.9 cm³/mol. The van der Waals surface area contributed by atoms with Gasteiger partial charge in [-0.3, -0.25) is 0 Å². The van der Waals surface area contributed by atoms with Crippen molar-refractivity contribution in [3.8, 4) is 0 Å². The third kappa shape index (κ3) is 2.14. The number of benzene rings is 1. The van der Waals surface area contributed by atoms with E-state index in [0.717, 1.165) is 0 Å². The van der Waals surface area contributed by atoms with Gasteiger partial charge >= 0.3 is 0 Å². The lowest BCUT2D eigenvalue weighted by Gasteiger charge is -2.11. The molecule has 0 spiro atoms. The van der Waals surface area contributed by atoms with Gasteiger partial charge in [0.15, 0.2) is 0 Å². The van der Waals surface area contributed by atoms with Gasteiger partial charge in [-0.1, -0.05) is 18.2 Å². The van der Waals surface area contributed by atoms with Crippen molar-refractivity contribution in [1.82, 2.24) is 0 Å². The second-order valence-corrected chi connectivity index (χ2v) is 7.57. The van der Waals surface area contributed by atoms with E-state index in [2.05, 4.69) is 63.7 Å². The van der Waals surface area contributed by atoms with Gasteiger partial charge in [0.05, 0.1) is 8.93 Å². The third-order valence-corrected chi connectivity index (χ3v) is 5.58. The molecule has 0 amide bonds. The van der Waals surface area contributed by atoms with Crippen molar-refractivity contribution in [2.75, 3.05) is 0 Å². The topological polar surface area (TPSA) is 26.0 Å². The van der Waals surface area contributed by atoms with Gasteiger partial charge in [-0.2, -0.15) is 0 Å². The first-order valence-electron chi connectivity index (χ1n) is 5.21. The molecule has 2 N–H and O–H groups in total. The van der Waals surface area contributed by atoms with E-state index < -0.39 is 0 Å². The van der Waals surface area contributed by atoms with E-state index in [1.54, 1.807) is 22.7 Å². The first-order chi connectivity index (χ1) is 8.25. The minimum absolute atomic E-state index is 0.0166. The highest BCUT2D eigenvalue weighted by Gasteiger charge is 2.14. The monoisotopic (exact) mass is 371 g/mol. The Morgan fingerprint density at radius 2 is 2.06 bits per heavy atom. The molecule has 0 aliphatic carbocycles. The van der Waals surface area contributed by atoms with E-state index in [1.165, 1.54) is 24.1 Å². The van der Waals surface area contributed by atoms with E-state index in [9.17, 15) is 0 Å². The molecule has 1 aromatic carbocycles. The minimum atomic E-state index is -0.0166. The molecule has 17 heavy (non-hydrogen) atoms. The summed E-state index contributed by atoms with van der Waals surface area (Å²) in [5.41, 5.74) is 8.80. The fraction of sp³-hybridized carbons (Fsp3) is 0.0769. The first kappa shape index (κ1) is 11.6. The molecule has 0 aliphatic heterocycles. The van der Waals surface area contributed by atoms with Gasteiger partial charge in [0, 0.05) is 4.70 Å². The maximum Gasteiger partial charge on any atom is 0.0656 e. The summed E-state index contributed by atoms with van der Waals surface area (Å²) in [6.07, 6.45) is 0. The zero-order chi connectivity index (χ0) is 11.8. The Kier molecular flexibility index (Phi) is 3.21. The van der Waals surface area contributed by atoms with Crippen molar-refractivity contribution in [3.63, 3.8) is 0 Å². The van der Waals surface area contributed by atoms with E-state index in [0.29, 0.717) is 0 Å². The Labute approximate surface area is 121 Å².